The van der Waals surface area contributed by atoms with E-state index in [0.717, 1.165) is 158 Å². The Morgan fingerprint density at radius 3 is 0.530 bits per heavy atom. The van der Waals surface area contributed by atoms with Gasteiger partial charge in [0.2, 0.25) is 0 Å². The van der Waals surface area contributed by atoms with Crippen LogP contribution in [0, 0.1) is 0 Å². The highest BCUT2D eigenvalue weighted by molar-refractivity contribution is 6.00. The molecule has 0 spiro atoms. The summed E-state index contributed by atoms with van der Waals surface area (Å²) in [5, 5.41) is 0. The molecule has 2 aliphatic rings. The summed E-state index contributed by atoms with van der Waals surface area (Å²) < 4.78 is 0. The van der Waals surface area contributed by atoms with Crippen LogP contribution in [0.3, 0.4) is 0 Å². The summed E-state index contributed by atoms with van der Waals surface area (Å²) in [5.41, 5.74) is 21.0. The van der Waals surface area contributed by atoms with Crippen molar-refractivity contribution >= 4 is 115 Å². The molecule has 0 atom stereocenters. The molecule has 17 rings (SSSR count). The third kappa shape index (κ3) is 11.8. The second-order valence-electron chi connectivity index (χ2n) is 24.1. The topological polar surface area (TPSA) is 122 Å². The van der Waals surface area contributed by atoms with E-state index in [1.54, 1.807) is 0 Å². The highest BCUT2D eigenvalue weighted by Crippen LogP contribution is 2.43. The van der Waals surface area contributed by atoms with Crippen molar-refractivity contribution in [3.63, 3.8) is 0 Å². The molecule has 2 N–H and O–H groups in total. The number of benzene rings is 8. The number of hydrogen-bond donors (Lipinski definition) is 2. The summed E-state index contributed by atoms with van der Waals surface area (Å²) in [6, 6.07) is 108. The van der Waals surface area contributed by atoms with Crippen molar-refractivity contribution in [2.24, 2.45) is 0 Å². The predicted molar refractivity (Wildman–Crippen MR) is 411 cm³/mol. The number of aromatic amines is 2. The minimum absolute atomic E-state index is 0.739. The fraction of sp³-hybridized carbons (Fsp3) is 0. The number of anilines is 12. The second kappa shape index (κ2) is 26.8. The van der Waals surface area contributed by atoms with Gasteiger partial charge in [-0.1, -0.05) is 146 Å². The van der Waals surface area contributed by atoms with Gasteiger partial charge in [0, 0.05) is 137 Å². The van der Waals surface area contributed by atoms with Crippen molar-refractivity contribution in [3.05, 3.63) is 363 Å². The number of pyridine rings is 4. The summed E-state index contributed by atoms with van der Waals surface area (Å²) in [5.74, 6) is 3.05. The standard InChI is InChI=1S/C88H62N12/c1-9-25-65(26-10-1)97(66-27-11-2-12-28-66)81-53-41-61(57-89-81)85-73-45-47-75(93-73)86(62-42-54-82(90-58-62)98(67-29-13-3-14-30-67)68-31-15-4-16-32-68)77-49-51-79(95-77)88(64-44-56-84(92-60-64)100(71-37-21-7-22-38-71)72-39-23-8-24-40-72)80-52-50-78(96-80)87(76-48-46-74(85)94-76)63-43-55-83(91-59-63)99(69-33-17-5-18-34-69)70-35-19-6-20-36-70/h1-60,93,96H. The molecule has 0 radical (unpaired) electrons. The summed E-state index contributed by atoms with van der Waals surface area (Å²) in [6.07, 6.45) is 16.3. The number of hydrogen-bond acceptors (Lipinski definition) is 10. The van der Waals surface area contributed by atoms with Gasteiger partial charge in [0.25, 0.3) is 0 Å². The van der Waals surface area contributed by atoms with E-state index < -0.39 is 0 Å². The molecule has 0 unspecified atom stereocenters. The van der Waals surface area contributed by atoms with E-state index in [4.69, 9.17) is 29.9 Å². The van der Waals surface area contributed by atoms with Gasteiger partial charge in [-0.25, -0.2) is 29.9 Å². The number of aromatic nitrogens is 8. The first-order chi connectivity index (χ1) is 49.6. The van der Waals surface area contributed by atoms with Crippen LogP contribution in [0.2, 0.25) is 0 Å². The maximum atomic E-state index is 5.70. The summed E-state index contributed by atoms with van der Waals surface area (Å²) in [6.45, 7) is 0. The zero-order valence-electron chi connectivity index (χ0n) is 54.1. The van der Waals surface area contributed by atoms with Crippen LogP contribution in [0.1, 0.15) is 22.8 Å². The van der Waals surface area contributed by atoms with Crippen molar-refractivity contribution in [1.29, 1.82) is 0 Å². The molecule has 0 saturated heterocycles. The molecule has 7 aromatic heterocycles. The van der Waals surface area contributed by atoms with Gasteiger partial charge in [-0.05, 0) is 194 Å². The molecule has 8 aromatic carbocycles. The van der Waals surface area contributed by atoms with Gasteiger partial charge < -0.3 is 9.97 Å². The third-order valence-corrected chi connectivity index (χ3v) is 17.9. The van der Waals surface area contributed by atoms with Gasteiger partial charge >= 0.3 is 0 Å². The highest BCUT2D eigenvalue weighted by atomic mass is 15.2. The van der Waals surface area contributed by atoms with Crippen LogP contribution in [-0.2, 0) is 0 Å². The van der Waals surface area contributed by atoms with Crippen LogP contribution in [0.4, 0.5) is 68.8 Å². The van der Waals surface area contributed by atoms with Crippen LogP contribution in [0.15, 0.2) is 340 Å². The van der Waals surface area contributed by atoms with Gasteiger partial charge in [0.05, 0.1) is 22.8 Å². The number of para-hydroxylation sites is 8. The maximum Gasteiger partial charge on any atom is 0.137 e. The van der Waals surface area contributed by atoms with E-state index in [0.29, 0.717) is 0 Å². The van der Waals surface area contributed by atoms with Crippen molar-refractivity contribution in [1.82, 2.24) is 39.9 Å². The van der Waals surface area contributed by atoms with Crippen LogP contribution in [0.25, 0.3) is 90.9 Å². The Hall–Kier alpha value is -13.8. The smallest absolute Gasteiger partial charge is 0.137 e. The molecule has 0 amide bonds. The molecular weight excluding hydrogens is 1230 g/mol. The molecule has 0 aliphatic carbocycles. The molecule has 2 aliphatic heterocycles. The molecule has 100 heavy (non-hydrogen) atoms. The van der Waals surface area contributed by atoms with E-state index >= 15 is 0 Å². The first-order valence-electron chi connectivity index (χ1n) is 33.2. The van der Waals surface area contributed by atoms with Crippen molar-refractivity contribution < 1.29 is 0 Å². The van der Waals surface area contributed by atoms with E-state index in [2.05, 4.69) is 321 Å². The number of fused-ring (bicyclic) bond motifs is 8. The molecule has 9 heterocycles. The number of rotatable bonds is 16. The minimum atomic E-state index is 0.739. The summed E-state index contributed by atoms with van der Waals surface area (Å²) in [7, 11) is 0. The molecule has 474 valence electrons. The minimum Gasteiger partial charge on any atom is -0.354 e. The summed E-state index contributed by atoms with van der Waals surface area (Å²) >= 11 is 0. The van der Waals surface area contributed by atoms with E-state index in [9.17, 15) is 0 Å². The van der Waals surface area contributed by atoms with E-state index in [-0.39, 0.29) is 0 Å². The lowest BCUT2D eigenvalue weighted by molar-refractivity contribution is 1.18. The second-order valence-corrected chi connectivity index (χ2v) is 24.1. The predicted octanol–water partition coefficient (Wildman–Crippen LogP) is 22.8. The average Bonchev–Trinajstić information content (AvgIpc) is 1.59. The Morgan fingerprint density at radius 1 is 0.190 bits per heavy atom. The average molecular weight is 1290 g/mol. The summed E-state index contributed by atoms with van der Waals surface area (Å²) in [4.78, 5) is 49.2. The SMILES string of the molecule is C1=Cc2nc1c(-c1ccc(N(c3ccccc3)c3ccccc3)nc1)c1ccc([nH]1)c(-c1ccc(N(c3ccccc3)c3ccccc3)nc1)c1nc(c(-c3ccc(N(c4ccccc4)c4ccccc4)nc3)c3ccc([nH]3)c2-c2ccc(N(c3ccccc3)c3ccccc3)nc2)C=C1. The number of nitrogens with one attached hydrogen (secondary N) is 2. The number of H-pyrrole nitrogens is 2. The van der Waals surface area contributed by atoms with Crippen LogP contribution in [-0.4, -0.2) is 39.9 Å². The van der Waals surface area contributed by atoms with E-state index in [1.165, 1.54) is 0 Å². The number of nitrogens with zero attached hydrogens (tertiary/aromatic N) is 10. The molecule has 12 heteroatoms. The Bertz CT molecular complexity index is 4750. The molecular formula is C88H62N12. The van der Waals surface area contributed by atoms with Gasteiger partial charge in [0.1, 0.15) is 23.3 Å². The van der Waals surface area contributed by atoms with Crippen LogP contribution in [0.5, 0.6) is 0 Å². The van der Waals surface area contributed by atoms with Crippen molar-refractivity contribution in [3.8, 4) is 44.5 Å². The monoisotopic (exact) mass is 1290 g/mol. The Balaban J connectivity index is 0.903. The molecule has 0 saturated carbocycles. The lowest BCUT2D eigenvalue weighted by Gasteiger charge is -2.24. The van der Waals surface area contributed by atoms with Crippen molar-refractivity contribution in [2.75, 3.05) is 19.6 Å². The van der Waals surface area contributed by atoms with Crippen LogP contribution >= 0.6 is 0 Å². The normalized spacial score (nSPS) is 11.5. The first kappa shape index (κ1) is 59.9. The highest BCUT2D eigenvalue weighted by Gasteiger charge is 2.24. The Kier molecular flexibility index (Phi) is 16.0. The lowest BCUT2D eigenvalue weighted by Crippen LogP contribution is -2.11. The molecule has 12 nitrogen and oxygen atoms in total. The lowest BCUT2D eigenvalue weighted by atomic mass is 10.1. The molecule has 15 aromatic rings. The first-order valence-corrected chi connectivity index (χ1v) is 33.2. The molecule has 8 bridgehead atoms. The van der Waals surface area contributed by atoms with Crippen LogP contribution < -0.4 is 19.6 Å². The molecule has 0 fully saturated rings. The van der Waals surface area contributed by atoms with Gasteiger partial charge in [-0.3, -0.25) is 19.6 Å². The maximum absolute atomic E-state index is 5.70. The zero-order chi connectivity index (χ0) is 66.6. The Morgan fingerprint density at radius 2 is 0.370 bits per heavy atom. The van der Waals surface area contributed by atoms with Gasteiger partial charge in [-0.15, -0.1) is 0 Å². The fourth-order valence-corrected chi connectivity index (χ4v) is 13.4. The van der Waals surface area contributed by atoms with Gasteiger partial charge in [-0.2, -0.15) is 0 Å². The van der Waals surface area contributed by atoms with Crippen molar-refractivity contribution in [2.45, 2.75) is 0 Å². The quantitative estimate of drug-likeness (QED) is 0.0967. The fourth-order valence-electron chi connectivity index (χ4n) is 13.4. The zero-order valence-corrected chi connectivity index (χ0v) is 54.1. The Labute approximate surface area is 578 Å². The van der Waals surface area contributed by atoms with E-state index in [1.807, 2.05) is 73.3 Å². The van der Waals surface area contributed by atoms with Gasteiger partial charge in [0.15, 0.2) is 0 Å². The third-order valence-electron chi connectivity index (χ3n) is 17.9. The largest absolute Gasteiger partial charge is 0.354 e.